The van der Waals surface area contributed by atoms with Crippen molar-refractivity contribution in [3.63, 3.8) is 0 Å². The van der Waals surface area contributed by atoms with Crippen LogP contribution in [0.2, 0.25) is 0 Å². The molecule has 12 atom stereocenters. The largest absolute Gasteiger partial charge is 0.508 e. The summed E-state index contributed by atoms with van der Waals surface area (Å²) in [6.07, 6.45) is 13.7. The van der Waals surface area contributed by atoms with Crippen LogP contribution in [0.1, 0.15) is 187 Å². The van der Waals surface area contributed by atoms with Crippen LogP contribution in [0.15, 0.2) is 48.6 Å². The van der Waals surface area contributed by atoms with E-state index < -0.39 is 0 Å². The molecule has 3 aromatic carbocycles. The Kier molecular flexibility index (Phi) is 11.9. The number of aromatic hydroxyl groups is 6. The SMILES string of the molecule is C=C1CC[C@]2(C)[C@H](CC[C@]3(C)c4c(O)cc(O)cc4C[C@@H]23)C1(C)C.CC1(C)C(=O)NCC[C@]2(C)[C@@H]1CC[C@]1(C)c3c(O)cc(O)cc3C[C@@H]21.CC1(C)NC(=O)CC[C@]2(C)[C@@H]1CC[C@]1(C)c3c(O)cc(O)cc3C[C@@H]21. The number of hydrogen-bond acceptors (Lipinski definition) is 8. The van der Waals surface area contributed by atoms with Crippen molar-refractivity contribution in [1.29, 1.82) is 0 Å². The third-order valence-electron chi connectivity index (χ3n) is 23.9. The molecule has 0 aromatic heterocycles. The number of nitrogens with one attached hydrogen (secondary N) is 2. The Labute approximate surface area is 441 Å². The van der Waals surface area contributed by atoms with E-state index in [1.807, 2.05) is 18.2 Å². The van der Waals surface area contributed by atoms with Crippen LogP contribution in [-0.4, -0.2) is 54.5 Å². The number of carbonyl (C=O) groups excluding carboxylic acids is 2. The molecule has 3 aromatic rings. The van der Waals surface area contributed by atoms with Gasteiger partial charge in [-0.2, -0.15) is 0 Å². The van der Waals surface area contributed by atoms with E-state index in [9.17, 15) is 40.2 Å². The number of hydrogen-bond donors (Lipinski definition) is 8. The van der Waals surface area contributed by atoms with E-state index in [4.69, 9.17) is 0 Å². The molecule has 10 heteroatoms. The van der Waals surface area contributed by atoms with E-state index in [0.717, 1.165) is 111 Å². The normalized spacial score (nSPS) is 39.3. The van der Waals surface area contributed by atoms with Gasteiger partial charge in [0.05, 0.1) is 0 Å². The van der Waals surface area contributed by atoms with Crippen LogP contribution < -0.4 is 10.6 Å². The minimum absolute atomic E-state index is 0.0210. The van der Waals surface area contributed by atoms with Crippen LogP contribution in [0.5, 0.6) is 34.5 Å². The molecule has 8 N–H and O–H groups in total. The predicted molar refractivity (Wildman–Crippen MR) is 290 cm³/mol. The third kappa shape index (κ3) is 7.41. The van der Waals surface area contributed by atoms with E-state index in [0.29, 0.717) is 41.9 Å². The van der Waals surface area contributed by atoms with E-state index in [1.165, 1.54) is 36.6 Å². The lowest BCUT2D eigenvalue weighted by Gasteiger charge is -2.61. The van der Waals surface area contributed by atoms with Crippen LogP contribution in [0, 0.1) is 62.6 Å². The maximum atomic E-state index is 12.6. The van der Waals surface area contributed by atoms with Gasteiger partial charge in [0.15, 0.2) is 0 Å². The van der Waals surface area contributed by atoms with Crippen LogP contribution in [0.3, 0.4) is 0 Å². The molecule has 2 amide bonds. The van der Waals surface area contributed by atoms with Gasteiger partial charge in [0, 0.05) is 75.1 Å². The van der Waals surface area contributed by atoms with Crippen molar-refractivity contribution in [2.24, 2.45) is 62.6 Å². The van der Waals surface area contributed by atoms with E-state index in [-0.39, 0.29) is 95.2 Å². The lowest BCUT2D eigenvalue weighted by Crippen LogP contribution is -2.58. The first-order valence-corrected chi connectivity index (χ1v) is 28.2. The highest BCUT2D eigenvalue weighted by molar-refractivity contribution is 5.82. The molecule has 0 unspecified atom stereocenters. The van der Waals surface area contributed by atoms with Gasteiger partial charge in [-0.05, 0) is 189 Å². The maximum Gasteiger partial charge on any atom is 0.225 e. The smallest absolute Gasteiger partial charge is 0.225 e. The molecule has 2 saturated heterocycles. The summed E-state index contributed by atoms with van der Waals surface area (Å²) in [6, 6.07) is 9.99. The molecule has 7 aliphatic carbocycles. The van der Waals surface area contributed by atoms with Gasteiger partial charge in [0.25, 0.3) is 0 Å². The van der Waals surface area contributed by atoms with Crippen molar-refractivity contribution in [1.82, 2.24) is 10.6 Å². The quantitative estimate of drug-likeness (QED) is 0.103. The monoisotopic (exact) mass is 1010 g/mol. The van der Waals surface area contributed by atoms with Crippen molar-refractivity contribution in [3.05, 3.63) is 81.9 Å². The number of amides is 2. The van der Waals surface area contributed by atoms with E-state index in [2.05, 4.69) is 100 Å². The number of phenolic OH excluding ortho intramolecular Hbond substituents is 6. The molecule has 2 heterocycles. The Morgan fingerprint density at radius 1 is 0.459 bits per heavy atom. The summed E-state index contributed by atoms with van der Waals surface area (Å²) < 4.78 is 0. The first-order valence-electron chi connectivity index (χ1n) is 28.2. The highest BCUT2D eigenvalue weighted by Gasteiger charge is 2.65. The summed E-state index contributed by atoms with van der Waals surface area (Å²) in [5.74, 6) is 4.17. The van der Waals surface area contributed by atoms with E-state index >= 15 is 0 Å². The van der Waals surface area contributed by atoms with Gasteiger partial charge >= 0.3 is 0 Å². The molecule has 0 spiro atoms. The Hall–Kier alpha value is -4.86. The van der Waals surface area contributed by atoms with Crippen LogP contribution in [0.4, 0.5) is 0 Å². The molecule has 0 bridgehead atoms. The van der Waals surface area contributed by atoms with Gasteiger partial charge in [-0.25, -0.2) is 0 Å². The molecule has 10 nitrogen and oxygen atoms in total. The van der Waals surface area contributed by atoms with Crippen molar-refractivity contribution in [2.45, 2.75) is 195 Å². The van der Waals surface area contributed by atoms with Crippen molar-refractivity contribution in [3.8, 4) is 34.5 Å². The highest BCUT2D eigenvalue weighted by atomic mass is 16.3. The average molecular weight is 1010 g/mol. The minimum atomic E-state index is -0.383. The summed E-state index contributed by atoms with van der Waals surface area (Å²) in [7, 11) is 0. The van der Waals surface area contributed by atoms with Gasteiger partial charge in [-0.15, -0.1) is 0 Å². The number of phenols is 6. The highest BCUT2D eigenvalue weighted by Crippen LogP contribution is 2.71. The maximum absolute atomic E-state index is 12.6. The van der Waals surface area contributed by atoms with Gasteiger partial charge in [0.2, 0.25) is 11.8 Å². The fourth-order valence-electron chi connectivity index (χ4n) is 20.5. The summed E-state index contributed by atoms with van der Waals surface area (Å²) in [5, 5.41) is 67.9. The second kappa shape index (κ2) is 16.8. The average Bonchev–Trinajstić information content (AvgIpc) is 3.85. The summed E-state index contributed by atoms with van der Waals surface area (Å²) in [5.41, 5.74) is 7.60. The summed E-state index contributed by atoms with van der Waals surface area (Å²) in [6.45, 7) is 32.4. The molecule has 4 saturated carbocycles. The third-order valence-corrected chi connectivity index (χ3v) is 23.9. The van der Waals surface area contributed by atoms with E-state index in [1.54, 1.807) is 0 Å². The fourth-order valence-corrected chi connectivity index (χ4v) is 20.5. The molecular formula is C64H88N2O8. The number of carbonyl (C=O) groups is 2. The molecular weight excluding hydrogens is 925 g/mol. The standard InChI is InChI=1S/C22H30O2.2C21H29NO3/c1-13-6-8-21(4)17(20(13,2)3)7-9-22(5)18(21)11-14-10-15(23)12-16(24)19(14)22;1-19(2)15-5-7-21(4)16(20(15,3)8-6-17(25)22-19)10-12-9-13(23)11-14(24)18(12)21;1-19(2)15-5-6-21(4)16(20(15,3)7-8-22-18(19)25)10-12-9-13(23)11-14(24)17(12)21/h10,12,17-18,23-24H,1,6-9,11H2,2-5H3;2*9,11,15-16,23-24H,5-8,10H2,1-4H3,(H,22,25)/t17-,18+,21-,22+;2*15-,16+,20-,21+/m111/s1. The fraction of sp³-hybridized carbons (Fsp3) is 0.656. The zero-order valence-corrected chi connectivity index (χ0v) is 46.7. The second-order valence-corrected chi connectivity index (χ2v) is 28.6. The van der Waals surface area contributed by atoms with Crippen LogP contribution in [0.25, 0.3) is 0 Å². The number of rotatable bonds is 0. The number of benzene rings is 3. The molecule has 6 fully saturated rings. The Morgan fingerprint density at radius 2 is 0.824 bits per heavy atom. The Morgan fingerprint density at radius 3 is 1.26 bits per heavy atom. The summed E-state index contributed by atoms with van der Waals surface area (Å²) >= 11 is 0. The van der Waals surface area contributed by atoms with Crippen molar-refractivity contribution >= 4 is 11.8 Å². The Bertz CT molecular complexity index is 2780. The number of allylic oxidation sites excluding steroid dienone is 1. The van der Waals surface area contributed by atoms with Crippen molar-refractivity contribution < 1.29 is 40.2 Å². The van der Waals surface area contributed by atoms with Crippen molar-refractivity contribution in [2.75, 3.05) is 6.54 Å². The molecule has 0 radical (unpaired) electrons. The van der Waals surface area contributed by atoms with Gasteiger partial charge in [-0.1, -0.05) is 81.4 Å². The van der Waals surface area contributed by atoms with Crippen LogP contribution >= 0.6 is 0 Å². The van der Waals surface area contributed by atoms with Gasteiger partial charge in [0.1, 0.15) is 34.5 Å². The lowest BCUT2D eigenvalue weighted by molar-refractivity contribution is -0.138. The Balaban J connectivity index is 0.000000127. The molecule has 74 heavy (non-hydrogen) atoms. The zero-order chi connectivity index (χ0) is 53.9. The zero-order valence-electron chi connectivity index (χ0n) is 46.7. The summed E-state index contributed by atoms with van der Waals surface area (Å²) in [4.78, 5) is 24.9. The molecule has 2 aliphatic heterocycles. The molecule has 12 rings (SSSR count). The van der Waals surface area contributed by atoms with Gasteiger partial charge < -0.3 is 41.3 Å². The lowest BCUT2D eigenvalue weighted by atomic mass is 9.43. The first kappa shape index (κ1) is 52.6. The second-order valence-electron chi connectivity index (χ2n) is 28.6. The predicted octanol–water partition coefficient (Wildman–Crippen LogP) is 12.4. The van der Waals surface area contributed by atoms with Gasteiger partial charge in [-0.3, -0.25) is 9.59 Å². The van der Waals surface area contributed by atoms with Crippen LogP contribution in [-0.2, 0) is 45.1 Å². The minimum Gasteiger partial charge on any atom is -0.508 e. The molecule has 402 valence electrons. The first-order chi connectivity index (χ1) is 34.3. The topological polar surface area (TPSA) is 180 Å². The number of fused-ring (bicyclic) bond motifs is 15. The molecule has 9 aliphatic rings.